The fourth-order valence-electron chi connectivity index (χ4n) is 2.87. The van der Waals surface area contributed by atoms with E-state index in [2.05, 4.69) is 19.2 Å². The SMILES string of the molecule is CC1NCCN(C(=O)C2Cc3ccccc3O2)C1C.Cl. The van der Waals surface area contributed by atoms with Crippen LogP contribution in [0.25, 0.3) is 0 Å². The van der Waals surface area contributed by atoms with Gasteiger partial charge in [-0.05, 0) is 25.5 Å². The number of hydrogen-bond acceptors (Lipinski definition) is 3. The minimum atomic E-state index is -0.342. The first-order valence-corrected chi connectivity index (χ1v) is 6.95. The number of para-hydroxylation sites is 1. The van der Waals surface area contributed by atoms with Gasteiger partial charge in [-0.25, -0.2) is 0 Å². The summed E-state index contributed by atoms with van der Waals surface area (Å²) in [5, 5.41) is 3.39. The standard InChI is InChI=1S/C15H20N2O2.ClH/c1-10-11(2)17(8-7-16-10)15(18)14-9-12-5-3-4-6-13(12)19-14;/h3-6,10-11,14,16H,7-9H2,1-2H3;1H. The fraction of sp³-hybridized carbons (Fsp3) is 0.533. The molecule has 3 rings (SSSR count). The molecule has 110 valence electrons. The van der Waals surface area contributed by atoms with Crippen molar-refractivity contribution in [1.82, 2.24) is 10.2 Å². The number of amides is 1. The molecule has 20 heavy (non-hydrogen) atoms. The molecule has 0 saturated carbocycles. The van der Waals surface area contributed by atoms with E-state index >= 15 is 0 Å². The summed E-state index contributed by atoms with van der Waals surface area (Å²) in [6.45, 7) is 5.84. The molecular weight excluding hydrogens is 276 g/mol. The minimum absolute atomic E-state index is 0. The summed E-state index contributed by atoms with van der Waals surface area (Å²) < 4.78 is 5.79. The van der Waals surface area contributed by atoms with E-state index in [1.54, 1.807) is 0 Å². The Morgan fingerprint density at radius 2 is 2.10 bits per heavy atom. The van der Waals surface area contributed by atoms with Crippen molar-refractivity contribution in [2.75, 3.05) is 13.1 Å². The zero-order chi connectivity index (χ0) is 13.4. The number of carbonyl (C=O) groups is 1. The van der Waals surface area contributed by atoms with Crippen molar-refractivity contribution in [2.45, 2.75) is 38.5 Å². The smallest absolute Gasteiger partial charge is 0.264 e. The molecule has 3 unspecified atom stereocenters. The van der Waals surface area contributed by atoms with Crippen molar-refractivity contribution < 1.29 is 9.53 Å². The molecule has 1 amide bonds. The molecule has 0 bridgehead atoms. The van der Waals surface area contributed by atoms with Gasteiger partial charge in [0.2, 0.25) is 0 Å². The zero-order valence-corrected chi connectivity index (χ0v) is 12.7. The number of hydrogen-bond donors (Lipinski definition) is 1. The Kier molecular flexibility index (Phi) is 4.55. The average molecular weight is 297 g/mol. The molecule has 0 aliphatic carbocycles. The van der Waals surface area contributed by atoms with Crippen LogP contribution in [0.3, 0.4) is 0 Å². The number of fused-ring (bicyclic) bond motifs is 1. The maximum Gasteiger partial charge on any atom is 0.264 e. The van der Waals surface area contributed by atoms with Gasteiger partial charge in [-0.15, -0.1) is 12.4 Å². The van der Waals surface area contributed by atoms with Gasteiger partial charge >= 0.3 is 0 Å². The first-order valence-electron chi connectivity index (χ1n) is 6.95. The topological polar surface area (TPSA) is 41.6 Å². The highest BCUT2D eigenvalue weighted by molar-refractivity contribution is 5.85. The van der Waals surface area contributed by atoms with Crippen LogP contribution in [0.1, 0.15) is 19.4 Å². The monoisotopic (exact) mass is 296 g/mol. The van der Waals surface area contributed by atoms with Gasteiger partial charge in [-0.1, -0.05) is 18.2 Å². The summed E-state index contributed by atoms with van der Waals surface area (Å²) in [5.74, 6) is 0.980. The molecule has 2 aliphatic heterocycles. The molecule has 1 aromatic carbocycles. The fourth-order valence-corrected chi connectivity index (χ4v) is 2.87. The van der Waals surface area contributed by atoms with E-state index in [1.165, 1.54) is 0 Å². The van der Waals surface area contributed by atoms with Gasteiger partial charge in [0.15, 0.2) is 6.10 Å². The van der Waals surface area contributed by atoms with Crippen molar-refractivity contribution in [1.29, 1.82) is 0 Å². The normalized spacial score (nSPS) is 28.3. The Labute approximate surface area is 125 Å². The van der Waals surface area contributed by atoms with Crippen molar-refractivity contribution in [3.8, 4) is 5.75 Å². The lowest BCUT2D eigenvalue weighted by molar-refractivity contribution is -0.141. The third kappa shape index (κ3) is 2.63. The van der Waals surface area contributed by atoms with Gasteiger partial charge in [-0.2, -0.15) is 0 Å². The van der Waals surface area contributed by atoms with Crippen molar-refractivity contribution in [2.24, 2.45) is 0 Å². The molecule has 1 N–H and O–H groups in total. The average Bonchev–Trinajstić information content (AvgIpc) is 2.85. The summed E-state index contributed by atoms with van der Waals surface area (Å²) in [6, 6.07) is 8.46. The summed E-state index contributed by atoms with van der Waals surface area (Å²) in [5.41, 5.74) is 1.14. The number of rotatable bonds is 1. The zero-order valence-electron chi connectivity index (χ0n) is 11.8. The van der Waals surface area contributed by atoms with Crippen molar-refractivity contribution in [3.05, 3.63) is 29.8 Å². The van der Waals surface area contributed by atoms with Gasteiger partial charge in [-0.3, -0.25) is 4.79 Å². The molecular formula is C15H21ClN2O2. The summed E-state index contributed by atoms with van der Waals surface area (Å²) in [6.07, 6.45) is 0.352. The highest BCUT2D eigenvalue weighted by Crippen LogP contribution is 2.29. The summed E-state index contributed by atoms with van der Waals surface area (Å²) >= 11 is 0. The quantitative estimate of drug-likeness (QED) is 0.856. The van der Waals surface area contributed by atoms with Crippen LogP contribution in [0.4, 0.5) is 0 Å². The second kappa shape index (κ2) is 6.02. The van der Waals surface area contributed by atoms with Crippen LogP contribution in [0.2, 0.25) is 0 Å². The number of ether oxygens (including phenoxy) is 1. The summed E-state index contributed by atoms with van der Waals surface area (Å²) in [7, 11) is 0. The number of nitrogens with zero attached hydrogens (tertiary/aromatic N) is 1. The molecule has 1 fully saturated rings. The lowest BCUT2D eigenvalue weighted by Crippen LogP contribution is -2.59. The van der Waals surface area contributed by atoms with Crippen LogP contribution in [0.5, 0.6) is 5.75 Å². The predicted molar refractivity (Wildman–Crippen MR) is 80.4 cm³/mol. The van der Waals surface area contributed by atoms with Crippen LogP contribution < -0.4 is 10.1 Å². The lowest BCUT2D eigenvalue weighted by atomic mass is 10.0. The van der Waals surface area contributed by atoms with Crippen LogP contribution in [-0.2, 0) is 11.2 Å². The Morgan fingerprint density at radius 1 is 1.35 bits per heavy atom. The molecule has 0 spiro atoms. The molecule has 5 heteroatoms. The molecule has 3 atom stereocenters. The maximum absolute atomic E-state index is 12.6. The second-order valence-electron chi connectivity index (χ2n) is 5.43. The van der Waals surface area contributed by atoms with E-state index in [-0.39, 0.29) is 30.5 Å². The third-order valence-corrected chi connectivity index (χ3v) is 4.24. The number of piperazine rings is 1. The highest BCUT2D eigenvalue weighted by Gasteiger charge is 2.36. The molecule has 1 aromatic rings. The van der Waals surface area contributed by atoms with E-state index in [0.29, 0.717) is 12.5 Å². The number of nitrogens with one attached hydrogen (secondary N) is 1. The van der Waals surface area contributed by atoms with Crippen LogP contribution in [0.15, 0.2) is 24.3 Å². The van der Waals surface area contributed by atoms with Crippen LogP contribution in [0, 0.1) is 0 Å². The molecule has 2 heterocycles. The molecule has 0 radical (unpaired) electrons. The maximum atomic E-state index is 12.6. The van der Waals surface area contributed by atoms with Gasteiger partial charge in [0.1, 0.15) is 5.75 Å². The van der Waals surface area contributed by atoms with Gasteiger partial charge in [0.05, 0.1) is 0 Å². The van der Waals surface area contributed by atoms with Crippen LogP contribution in [-0.4, -0.2) is 42.1 Å². The van der Waals surface area contributed by atoms with E-state index in [4.69, 9.17) is 4.74 Å². The van der Waals surface area contributed by atoms with E-state index in [0.717, 1.165) is 24.4 Å². The highest BCUT2D eigenvalue weighted by atomic mass is 35.5. The van der Waals surface area contributed by atoms with Crippen LogP contribution >= 0.6 is 12.4 Å². The first-order chi connectivity index (χ1) is 9.16. The summed E-state index contributed by atoms with van der Waals surface area (Å²) in [4.78, 5) is 14.6. The number of carbonyl (C=O) groups excluding carboxylic acids is 1. The Balaban J connectivity index is 0.00000147. The Bertz CT molecular complexity index is 470. The Hall–Kier alpha value is -1.26. The van der Waals surface area contributed by atoms with E-state index < -0.39 is 0 Å². The largest absolute Gasteiger partial charge is 0.480 e. The number of halogens is 1. The molecule has 1 saturated heterocycles. The Morgan fingerprint density at radius 3 is 2.85 bits per heavy atom. The molecule has 4 nitrogen and oxygen atoms in total. The number of benzene rings is 1. The second-order valence-corrected chi connectivity index (χ2v) is 5.43. The molecule has 0 aromatic heterocycles. The van der Waals surface area contributed by atoms with Gasteiger partial charge in [0.25, 0.3) is 5.91 Å². The van der Waals surface area contributed by atoms with E-state index in [1.807, 2.05) is 29.2 Å². The van der Waals surface area contributed by atoms with Gasteiger partial charge in [0, 0.05) is 31.6 Å². The molecule has 2 aliphatic rings. The lowest BCUT2D eigenvalue weighted by Gasteiger charge is -2.39. The van der Waals surface area contributed by atoms with Crippen molar-refractivity contribution >= 4 is 18.3 Å². The first kappa shape index (κ1) is 15.1. The van der Waals surface area contributed by atoms with E-state index in [9.17, 15) is 4.79 Å². The van der Waals surface area contributed by atoms with Crippen molar-refractivity contribution in [3.63, 3.8) is 0 Å². The minimum Gasteiger partial charge on any atom is -0.480 e. The van der Waals surface area contributed by atoms with Gasteiger partial charge < -0.3 is 15.0 Å². The predicted octanol–water partition coefficient (Wildman–Crippen LogP) is 1.62. The third-order valence-electron chi connectivity index (χ3n) is 4.24.